The van der Waals surface area contributed by atoms with Crippen molar-refractivity contribution in [2.75, 3.05) is 0 Å². The molecule has 122 valence electrons. The minimum Gasteiger partial charge on any atom is -0.352 e. The van der Waals surface area contributed by atoms with Gasteiger partial charge in [0.15, 0.2) is 10.6 Å². The van der Waals surface area contributed by atoms with E-state index in [-0.39, 0.29) is 18.5 Å². The third kappa shape index (κ3) is 3.52. The van der Waals surface area contributed by atoms with Gasteiger partial charge in [0.2, 0.25) is 5.91 Å². The van der Waals surface area contributed by atoms with Crippen LogP contribution in [-0.2, 0) is 11.3 Å². The summed E-state index contributed by atoms with van der Waals surface area (Å²) in [5, 5.41) is 10.2. The highest BCUT2D eigenvalue weighted by Gasteiger charge is 2.25. The lowest BCUT2D eigenvalue weighted by atomic mass is 9.80. The number of benzene rings is 1. The summed E-state index contributed by atoms with van der Waals surface area (Å²) in [6, 6.07) is 8.24. The maximum atomic E-state index is 12.3. The first kappa shape index (κ1) is 15.9. The second-order valence-electron chi connectivity index (χ2n) is 6.36. The molecule has 1 aliphatic carbocycles. The molecular weight excluding hydrogens is 308 g/mol. The molecule has 0 radical (unpaired) electrons. The van der Waals surface area contributed by atoms with Crippen LogP contribution in [0.15, 0.2) is 24.3 Å². The molecule has 0 spiro atoms. The number of aromatic nitrogens is 3. The number of aromatic amines is 1. The fraction of sp³-hybridized carbons (Fsp3) is 0.471. The Kier molecular flexibility index (Phi) is 4.61. The highest BCUT2D eigenvalue weighted by Crippen LogP contribution is 2.29. The molecule has 1 aromatic carbocycles. The van der Waals surface area contributed by atoms with Crippen molar-refractivity contribution < 1.29 is 4.79 Å². The summed E-state index contributed by atoms with van der Waals surface area (Å²) in [4.78, 5) is 12.3. The molecule has 1 aliphatic rings. The van der Waals surface area contributed by atoms with E-state index < -0.39 is 0 Å². The van der Waals surface area contributed by atoms with Crippen LogP contribution in [-0.4, -0.2) is 26.7 Å². The van der Waals surface area contributed by atoms with Crippen LogP contribution in [0.4, 0.5) is 0 Å². The first-order valence-corrected chi connectivity index (χ1v) is 8.47. The molecule has 0 saturated heterocycles. The molecule has 2 N–H and O–H groups in total. The predicted molar refractivity (Wildman–Crippen MR) is 92.5 cm³/mol. The molecule has 1 saturated carbocycles. The number of nitrogens with one attached hydrogen (secondary N) is 2. The Bertz CT molecular complexity index is 760. The van der Waals surface area contributed by atoms with Crippen LogP contribution < -0.4 is 5.32 Å². The summed E-state index contributed by atoms with van der Waals surface area (Å²) in [6.45, 7) is 4.30. The average Bonchev–Trinajstić information content (AvgIpc) is 2.78. The van der Waals surface area contributed by atoms with E-state index >= 15 is 0 Å². The lowest BCUT2D eigenvalue weighted by Gasteiger charge is -2.31. The number of hydrogen-bond donors (Lipinski definition) is 2. The number of carbonyl (C=O) groups is 1. The zero-order chi connectivity index (χ0) is 16.4. The van der Waals surface area contributed by atoms with Crippen LogP contribution in [0.1, 0.15) is 31.7 Å². The smallest absolute Gasteiger partial charge is 0.240 e. The Morgan fingerprint density at radius 1 is 1.52 bits per heavy atom. The van der Waals surface area contributed by atoms with Crippen molar-refractivity contribution in [3.8, 4) is 11.4 Å². The zero-order valence-corrected chi connectivity index (χ0v) is 14.3. The van der Waals surface area contributed by atoms with E-state index in [0.29, 0.717) is 16.5 Å². The lowest BCUT2D eigenvalue weighted by molar-refractivity contribution is -0.122. The van der Waals surface area contributed by atoms with Crippen LogP contribution in [0.3, 0.4) is 0 Å². The highest BCUT2D eigenvalue weighted by molar-refractivity contribution is 7.71. The molecule has 0 aliphatic heterocycles. The van der Waals surface area contributed by atoms with Gasteiger partial charge in [0.25, 0.3) is 0 Å². The van der Waals surface area contributed by atoms with Crippen molar-refractivity contribution in [2.24, 2.45) is 5.92 Å². The quantitative estimate of drug-likeness (QED) is 0.828. The normalized spacial score (nSPS) is 15.9. The van der Waals surface area contributed by atoms with E-state index in [4.69, 9.17) is 12.2 Å². The molecule has 1 heterocycles. The van der Waals surface area contributed by atoms with Gasteiger partial charge in [-0.05, 0) is 50.9 Å². The van der Waals surface area contributed by atoms with Gasteiger partial charge in [-0.15, -0.1) is 0 Å². The first-order valence-electron chi connectivity index (χ1n) is 8.06. The molecular formula is C17H22N4OS. The second kappa shape index (κ2) is 6.66. The Labute approximate surface area is 141 Å². The Hall–Kier alpha value is -1.95. The van der Waals surface area contributed by atoms with Crippen LogP contribution >= 0.6 is 12.2 Å². The minimum absolute atomic E-state index is 0.0178. The van der Waals surface area contributed by atoms with Gasteiger partial charge in [-0.2, -0.15) is 5.10 Å². The van der Waals surface area contributed by atoms with Crippen LogP contribution in [0.25, 0.3) is 11.4 Å². The van der Waals surface area contributed by atoms with Gasteiger partial charge in [-0.3, -0.25) is 14.5 Å². The van der Waals surface area contributed by atoms with E-state index in [0.717, 1.165) is 11.1 Å². The van der Waals surface area contributed by atoms with Crippen molar-refractivity contribution in [3.05, 3.63) is 34.6 Å². The van der Waals surface area contributed by atoms with E-state index in [1.54, 1.807) is 4.57 Å². The zero-order valence-electron chi connectivity index (χ0n) is 13.5. The Balaban J connectivity index is 1.76. The summed E-state index contributed by atoms with van der Waals surface area (Å²) >= 11 is 5.29. The van der Waals surface area contributed by atoms with Crippen molar-refractivity contribution in [1.82, 2.24) is 20.1 Å². The summed E-state index contributed by atoms with van der Waals surface area (Å²) in [7, 11) is 0. The fourth-order valence-electron chi connectivity index (χ4n) is 2.97. The molecule has 5 nitrogen and oxygen atoms in total. The SMILES string of the molecule is Cc1cccc(-c2n[nH]c(=S)n2CC(=O)N[C@@H](C)C2CCC2)c1. The summed E-state index contributed by atoms with van der Waals surface area (Å²) in [5.74, 6) is 1.30. The van der Waals surface area contributed by atoms with E-state index in [9.17, 15) is 4.79 Å². The minimum atomic E-state index is -0.0178. The van der Waals surface area contributed by atoms with Crippen molar-refractivity contribution in [3.63, 3.8) is 0 Å². The van der Waals surface area contributed by atoms with Gasteiger partial charge in [0, 0.05) is 11.6 Å². The summed E-state index contributed by atoms with van der Waals surface area (Å²) in [6.07, 6.45) is 3.69. The van der Waals surface area contributed by atoms with Crippen LogP contribution in [0.5, 0.6) is 0 Å². The molecule has 0 unspecified atom stereocenters. The number of carbonyl (C=O) groups excluding carboxylic acids is 1. The number of H-pyrrole nitrogens is 1. The van der Waals surface area contributed by atoms with Crippen molar-refractivity contribution in [1.29, 1.82) is 0 Å². The molecule has 6 heteroatoms. The molecule has 23 heavy (non-hydrogen) atoms. The maximum Gasteiger partial charge on any atom is 0.240 e. The van der Waals surface area contributed by atoms with Gasteiger partial charge in [-0.1, -0.05) is 30.2 Å². The fourth-order valence-corrected chi connectivity index (χ4v) is 3.17. The molecule has 0 bridgehead atoms. The third-order valence-electron chi connectivity index (χ3n) is 4.58. The number of hydrogen-bond acceptors (Lipinski definition) is 3. The van der Waals surface area contributed by atoms with E-state index in [1.165, 1.54) is 19.3 Å². The molecule has 2 aromatic rings. The summed E-state index contributed by atoms with van der Waals surface area (Å²) < 4.78 is 2.22. The van der Waals surface area contributed by atoms with E-state index in [2.05, 4.69) is 22.4 Å². The molecule has 1 amide bonds. The second-order valence-corrected chi connectivity index (χ2v) is 6.74. The Morgan fingerprint density at radius 2 is 2.30 bits per heavy atom. The number of amides is 1. The highest BCUT2D eigenvalue weighted by atomic mass is 32.1. The van der Waals surface area contributed by atoms with Gasteiger partial charge < -0.3 is 5.32 Å². The van der Waals surface area contributed by atoms with Crippen molar-refractivity contribution in [2.45, 2.75) is 45.7 Å². The van der Waals surface area contributed by atoms with Gasteiger partial charge in [-0.25, -0.2) is 0 Å². The van der Waals surface area contributed by atoms with Gasteiger partial charge in [0.05, 0.1) is 0 Å². The lowest BCUT2D eigenvalue weighted by Crippen LogP contribution is -2.42. The number of rotatable bonds is 5. The number of nitrogens with zero attached hydrogens (tertiary/aromatic N) is 2. The molecule has 1 aromatic heterocycles. The topological polar surface area (TPSA) is 62.7 Å². The molecule has 1 fully saturated rings. The van der Waals surface area contributed by atoms with Crippen LogP contribution in [0, 0.1) is 17.6 Å². The Morgan fingerprint density at radius 3 is 2.96 bits per heavy atom. The van der Waals surface area contributed by atoms with Gasteiger partial charge in [0.1, 0.15) is 6.54 Å². The summed E-state index contributed by atoms with van der Waals surface area (Å²) in [5.41, 5.74) is 2.10. The predicted octanol–water partition coefficient (Wildman–Crippen LogP) is 3.22. The van der Waals surface area contributed by atoms with Crippen molar-refractivity contribution >= 4 is 18.1 Å². The number of aryl methyl sites for hydroxylation is 1. The average molecular weight is 330 g/mol. The van der Waals surface area contributed by atoms with Gasteiger partial charge >= 0.3 is 0 Å². The molecule has 1 atom stereocenters. The molecule has 3 rings (SSSR count). The van der Waals surface area contributed by atoms with Crippen LogP contribution in [0.2, 0.25) is 0 Å². The van der Waals surface area contributed by atoms with E-state index in [1.807, 2.05) is 31.2 Å². The monoisotopic (exact) mass is 330 g/mol. The maximum absolute atomic E-state index is 12.3. The largest absolute Gasteiger partial charge is 0.352 e. The standard InChI is InChI=1S/C17H22N4OS/c1-11-5-3-8-14(9-11)16-19-20-17(23)21(16)10-15(22)18-12(2)13-6-4-7-13/h3,5,8-9,12-13H,4,6-7,10H2,1-2H3,(H,18,22)(H,20,23)/t12-/m0/s1. The third-order valence-corrected chi connectivity index (χ3v) is 4.89. The first-order chi connectivity index (χ1) is 11.0.